The Morgan fingerprint density at radius 2 is 1.97 bits per heavy atom. The van der Waals surface area contributed by atoms with E-state index in [1.807, 2.05) is 30.5 Å². The van der Waals surface area contributed by atoms with Gasteiger partial charge in [0.15, 0.2) is 6.19 Å². The Balaban J connectivity index is 1.12. The van der Waals surface area contributed by atoms with Gasteiger partial charge in [0.1, 0.15) is 11.5 Å². The number of benzene rings is 1. The summed E-state index contributed by atoms with van der Waals surface area (Å²) in [7, 11) is 0. The number of nitriles is 2. The van der Waals surface area contributed by atoms with E-state index in [1.54, 1.807) is 26.9 Å². The third kappa shape index (κ3) is 2.74. The molecule has 35 heavy (non-hydrogen) atoms. The fourth-order valence-corrected chi connectivity index (χ4v) is 6.25. The Bertz CT molecular complexity index is 1410. The molecule has 3 fully saturated rings. The number of hydrogen-bond donors (Lipinski definition) is 0. The summed E-state index contributed by atoms with van der Waals surface area (Å²) in [6.45, 7) is 1.72. The summed E-state index contributed by atoms with van der Waals surface area (Å²) < 4.78 is 7.30. The molecule has 4 aliphatic rings. The maximum atomic E-state index is 12.6. The molecule has 10 nitrogen and oxygen atoms in total. The van der Waals surface area contributed by atoms with Crippen molar-refractivity contribution in [3.05, 3.63) is 60.2 Å². The first-order valence-corrected chi connectivity index (χ1v) is 11.6. The second-order valence-electron chi connectivity index (χ2n) is 9.66. The number of carbonyl (C=O) groups is 1. The SMILES string of the molecule is N#CN1C[C@@H]2[C@H](C1)[C@]2(C#N)c1ccc(-c2ccc3c(c2)C[C@H]2[C@H](Cn4ccnn4)OC(=O)N32)cn1. The van der Waals surface area contributed by atoms with Crippen LogP contribution in [0.15, 0.2) is 48.9 Å². The number of amides is 1. The first-order valence-electron chi connectivity index (χ1n) is 11.6. The number of ether oxygens (including phenoxy) is 1. The minimum Gasteiger partial charge on any atom is -0.442 e. The molecule has 1 amide bonds. The number of fused-ring (bicyclic) bond motifs is 4. The number of pyridine rings is 1. The van der Waals surface area contributed by atoms with E-state index in [-0.39, 0.29) is 30.1 Å². The Morgan fingerprint density at radius 1 is 1.14 bits per heavy atom. The molecule has 2 saturated heterocycles. The summed E-state index contributed by atoms with van der Waals surface area (Å²) in [4.78, 5) is 20.8. The van der Waals surface area contributed by atoms with Crippen LogP contribution in [0.4, 0.5) is 10.5 Å². The number of anilines is 1. The molecule has 3 aromatic rings. The summed E-state index contributed by atoms with van der Waals surface area (Å²) in [5.41, 5.74) is 4.17. The maximum Gasteiger partial charge on any atom is 0.415 e. The summed E-state index contributed by atoms with van der Waals surface area (Å²) >= 11 is 0. The topological polar surface area (TPSA) is 124 Å². The minimum atomic E-state index is -0.575. The van der Waals surface area contributed by atoms with E-state index in [0.29, 0.717) is 26.1 Å². The highest BCUT2D eigenvalue weighted by atomic mass is 16.6. The van der Waals surface area contributed by atoms with Gasteiger partial charge in [-0.05, 0) is 35.7 Å². The average molecular weight is 464 g/mol. The van der Waals surface area contributed by atoms with Gasteiger partial charge in [-0.3, -0.25) is 9.88 Å². The van der Waals surface area contributed by atoms with E-state index in [4.69, 9.17) is 10.00 Å². The van der Waals surface area contributed by atoms with Crippen LogP contribution in [0.1, 0.15) is 11.3 Å². The predicted molar refractivity (Wildman–Crippen MR) is 121 cm³/mol. The minimum absolute atomic E-state index is 0.0739. The van der Waals surface area contributed by atoms with Gasteiger partial charge < -0.3 is 9.64 Å². The lowest BCUT2D eigenvalue weighted by atomic mass is 9.95. The Morgan fingerprint density at radius 3 is 2.66 bits per heavy atom. The largest absolute Gasteiger partial charge is 0.442 e. The molecule has 0 N–H and O–H groups in total. The van der Waals surface area contributed by atoms with Crippen molar-refractivity contribution in [1.29, 1.82) is 10.5 Å². The molecule has 7 rings (SSSR count). The Labute approximate surface area is 200 Å². The van der Waals surface area contributed by atoms with Crippen molar-refractivity contribution in [2.45, 2.75) is 30.5 Å². The fraction of sp³-hybridized carbons (Fsp3) is 0.360. The number of carbonyl (C=O) groups excluding carboxylic acids is 1. The van der Waals surface area contributed by atoms with Crippen LogP contribution in [0.2, 0.25) is 0 Å². The van der Waals surface area contributed by atoms with Crippen molar-refractivity contribution >= 4 is 11.8 Å². The first kappa shape index (κ1) is 20.0. The number of hydrogen-bond acceptors (Lipinski definition) is 8. The Kier molecular flexibility index (Phi) is 4.01. The lowest BCUT2D eigenvalue weighted by molar-refractivity contribution is 0.117. The van der Waals surface area contributed by atoms with Crippen LogP contribution in [0.3, 0.4) is 0 Å². The molecule has 0 radical (unpaired) electrons. The van der Waals surface area contributed by atoms with Gasteiger partial charge in [-0.1, -0.05) is 17.3 Å². The van der Waals surface area contributed by atoms with Crippen LogP contribution in [-0.2, 0) is 23.1 Å². The fourth-order valence-electron chi connectivity index (χ4n) is 6.25. The van der Waals surface area contributed by atoms with E-state index in [2.05, 4.69) is 33.6 Å². The zero-order valence-electron chi connectivity index (χ0n) is 18.7. The molecular weight excluding hydrogens is 444 g/mol. The molecule has 2 aromatic heterocycles. The predicted octanol–water partition coefficient (Wildman–Crippen LogP) is 2.09. The first-order chi connectivity index (χ1) is 17.1. The molecule has 0 unspecified atom stereocenters. The summed E-state index contributed by atoms with van der Waals surface area (Å²) in [6, 6.07) is 12.5. The van der Waals surface area contributed by atoms with Crippen LogP contribution < -0.4 is 4.90 Å². The van der Waals surface area contributed by atoms with Crippen LogP contribution in [0.5, 0.6) is 0 Å². The van der Waals surface area contributed by atoms with Crippen LogP contribution >= 0.6 is 0 Å². The number of rotatable bonds is 4. The Hall–Kier alpha value is -4.44. The second kappa shape index (κ2) is 7.03. The molecule has 172 valence electrons. The van der Waals surface area contributed by atoms with E-state index in [9.17, 15) is 10.1 Å². The van der Waals surface area contributed by atoms with Gasteiger partial charge in [-0.15, -0.1) is 5.10 Å². The molecule has 5 atom stereocenters. The number of nitrogens with zero attached hydrogens (tertiary/aromatic N) is 8. The van der Waals surface area contributed by atoms with Gasteiger partial charge in [-0.2, -0.15) is 10.5 Å². The van der Waals surface area contributed by atoms with Crippen LogP contribution in [-0.4, -0.2) is 56.2 Å². The normalized spacial score (nSPS) is 29.7. The lowest BCUT2D eigenvalue weighted by Gasteiger charge is -2.17. The molecule has 5 heterocycles. The van der Waals surface area contributed by atoms with Crippen LogP contribution in [0, 0.1) is 34.6 Å². The monoisotopic (exact) mass is 464 g/mol. The van der Waals surface area contributed by atoms with Gasteiger partial charge in [0.05, 0.1) is 36.2 Å². The molecule has 0 bridgehead atoms. The van der Waals surface area contributed by atoms with Crippen LogP contribution in [0.25, 0.3) is 11.1 Å². The zero-order chi connectivity index (χ0) is 23.7. The number of likely N-dealkylation sites (tertiary alicyclic amines) is 1. The highest BCUT2D eigenvalue weighted by Gasteiger charge is 2.71. The molecule has 0 spiro atoms. The molecule has 1 saturated carbocycles. The highest BCUT2D eigenvalue weighted by molar-refractivity contribution is 5.94. The average Bonchev–Trinajstić information content (AvgIpc) is 3.47. The summed E-state index contributed by atoms with van der Waals surface area (Å²) in [6.07, 6.45) is 7.46. The molecule has 1 aliphatic carbocycles. The quantitative estimate of drug-likeness (QED) is 0.538. The van der Waals surface area contributed by atoms with Crippen molar-refractivity contribution < 1.29 is 9.53 Å². The zero-order valence-corrected chi connectivity index (χ0v) is 18.7. The van der Waals surface area contributed by atoms with E-state index >= 15 is 0 Å². The smallest absolute Gasteiger partial charge is 0.415 e. The number of aromatic nitrogens is 4. The van der Waals surface area contributed by atoms with Crippen molar-refractivity contribution in [1.82, 2.24) is 24.9 Å². The highest BCUT2D eigenvalue weighted by Crippen LogP contribution is 2.62. The summed E-state index contributed by atoms with van der Waals surface area (Å²) in [5, 5.41) is 26.9. The molecule has 3 aliphatic heterocycles. The molecule has 1 aromatic carbocycles. The number of piperidine rings is 1. The maximum absolute atomic E-state index is 12.6. The van der Waals surface area contributed by atoms with Crippen molar-refractivity contribution in [2.24, 2.45) is 11.8 Å². The van der Waals surface area contributed by atoms with Gasteiger partial charge in [0.2, 0.25) is 0 Å². The van der Waals surface area contributed by atoms with Gasteiger partial charge in [0, 0.05) is 42.9 Å². The lowest BCUT2D eigenvalue weighted by Crippen LogP contribution is -2.35. The van der Waals surface area contributed by atoms with E-state index in [0.717, 1.165) is 28.1 Å². The third-order valence-corrected chi connectivity index (χ3v) is 8.04. The summed E-state index contributed by atoms with van der Waals surface area (Å²) in [5.74, 6) is 0.341. The molecular formula is C25H20N8O2. The standard InChI is InChI=1S/C25H20N8O2/c26-13-25(18-10-31(14-27)11-19(18)25)23-4-2-16(9-28-23)15-1-3-20-17(7-15)8-21-22(35-24(34)33(20)21)12-32-6-5-29-30-32/h1-7,9,18-19,21-22H,8,10-12H2/t18-,19+,21-,22-,25-/m0/s1. The van der Waals surface area contributed by atoms with Gasteiger partial charge >= 0.3 is 6.09 Å². The van der Waals surface area contributed by atoms with Gasteiger partial charge in [-0.25, -0.2) is 9.48 Å². The van der Waals surface area contributed by atoms with Crippen molar-refractivity contribution in [2.75, 3.05) is 18.0 Å². The second-order valence-corrected chi connectivity index (χ2v) is 9.66. The number of cyclic esters (lactones) is 1. The third-order valence-electron chi connectivity index (χ3n) is 8.04. The van der Waals surface area contributed by atoms with Crippen molar-refractivity contribution in [3.63, 3.8) is 0 Å². The van der Waals surface area contributed by atoms with E-state index in [1.165, 1.54) is 0 Å². The van der Waals surface area contributed by atoms with Gasteiger partial charge in [0.25, 0.3) is 0 Å². The van der Waals surface area contributed by atoms with E-state index < -0.39 is 5.41 Å². The van der Waals surface area contributed by atoms with Crippen molar-refractivity contribution in [3.8, 4) is 23.4 Å². The molecule has 10 heteroatoms.